The highest BCUT2D eigenvalue weighted by molar-refractivity contribution is 5.89. The number of alkyl halides is 16. The first kappa shape index (κ1) is 141. The molecule has 0 atom stereocenters. The summed E-state index contributed by atoms with van der Waals surface area (Å²) in [5.41, 5.74) is -4.93. The van der Waals surface area contributed by atoms with Crippen LogP contribution in [-0.2, 0) is 167 Å². The Morgan fingerprint density at radius 2 is 0.340 bits per heavy atom. The maximum absolute atomic E-state index is 13.5. The van der Waals surface area contributed by atoms with E-state index in [9.17, 15) is 152 Å². The summed E-state index contributed by atoms with van der Waals surface area (Å²) in [5.74, 6) is -63.9. The van der Waals surface area contributed by atoms with E-state index < -0.39 is 196 Å². The lowest BCUT2D eigenvalue weighted by molar-refractivity contribution is -0.374. The molecule has 147 heavy (non-hydrogen) atoms. The van der Waals surface area contributed by atoms with Gasteiger partial charge in [0.2, 0.25) is 0 Å². The van der Waals surface area contributed by atoms with E-state index in [-0.39, 0.29) is 110 Å². The Hall–Kier alpha value is -14.6. The molecule has 1 aliphatic carbocycles. The molecule has 0 radical (unpaired) electrons. The molecule has 0 saturated heterocycles. The van der Waals surface area contributed by atoms with Gasteiger partial charge in [-0.05, 0) is 70.6 Å². The summed E-state index contributed by atoms with van der Waals surface area (Å²) in [5, 5.41) is 0. The summed E-state index contributed by atoms with van der Waals surface area (Å²) >= 11 is 0. The molecule has 0 spiro atoms. The van der Waals surface area contributed by atoms with Gasteiger partial charge in [0.1, 0.15) is 78.1 Å². The zero-order chi connectivity index (χ0) is 115. The van der Waals surface area contributed by atoms with Gasteiger partial charge in [0, 0.05) is 102 Å². The molecule has 0 aromatic rings. The molecule has 0 aliphatic heterocycles. The Morgan fingerprint density at radius 3 is 0.483 bits per heavy atom. The van der Waals surface area contributed by atoms with Gasteiger partial charge in [-0.3, -0.25) is 0 Å². The number of hydrogen-bond donors (Lipinski definition) is 0. The summed E-state index contributed by atoms with van der Waals surface area (Å²) in [4.78, 5) is 190. The lowest BCUT2D eigenvalue weighted by Gasteiger charge is -2.36. The van der Waals surface area contributed by atoms with Gasteiger partial charge >= 0.3 is 149 Å². The second-order valence-electron chi connectivity index (χ2n) is 30.5. The Kier molecular flexibility index (Phi) is 66.5. The first-order valence-corrected chi connectivity index (χ1v) is 42.3. The number of ether oxygens (including phenoxy) is 18. The van der Waals surface area contributed by atoms with Crippen molar-refractivity contribution in [2.24, 2.45) is 33.5 Å². The van der Waals surface area contributed by atoms with Crippen molar-refractivity contribution in [2.75, 3.05) is 126 Å². The number of rotatable bonds is 64. The predicted octanol–water partition coefficient (Wildman–Crippen LogP) is 14.2. The number of hydrogen-bond acceptors (Lipinski definition) is 35. The molecule has 1 rings (SSSR count). The van der Waals surface area contributed by atoms with Crippen molar-refractivity contribution in [2.45, 2.75) is 127 Å². The third-order valence-corrected chi connectivity index (χ3v) is 19.1. The van der Waals surface area contributed by atoms with Crippen LogP contribution in [0.15, 0.2) is 214 Å². The fraction of sp³-hybridized carbons (Fsp3) is 0.469. The van der Waals surface area contributed by atoms with Gasteiger partial charge in [-0.15, -0.1) is 0 Å². The fourth-order valence-electron chi connectivity index (χ4n) is 9.51. The average Bonchev–Trinajstić information content (AvgIpc) is 0.742. The number of esters is 17. The van der Waals surface area contributed by atoms with Crippen molar-refractivity contribution >= 4 is 101 Å². The molecule has 0 heterocycles. The topological polar surface area (TPSA) is 456 Å². The van der Waals surface area contributed by atoms with Crippen molar-refractivity contribution in [3.8, 4) is 0 Å². The van der Waals surface area contributed by atoms with E-state index in [0.29, 0.717) is 44.3 Å². The van der Waals surface area contributed by atoms with Crippen LogP contribution in [0.4, 0.5) is 70.2 Å². The third kappa shape index (κ3) is 52.7. The molecule has 0 amide bonds. The first-order valence-electron chi connectivity index (χ1n) is 42.3. The first-order chi connectivity index (χ1) is 68.1. The van der Waals surface area contributed by atoms with Crippen LogP contribution >= 0.6 is 0 Å². The molecule has 824 valence electrons. The SMILES string of the molecule is C=C(C)C(=O)OCC(F)(F)C(F)(F)C(F)(F)C(F)(F)COC(=O)C(=C)C.C=CC(=O)OCC(CC)(COC(=O)C=C)COC(=O)C=C.C=CC(=O)OCC(CC)(COCC(CC)(COC(=O)C=C)COC(=O)C=C)COC(=O)C=C.C=CC(=O)OCC(COC(=O)C=C)(COC(=O)C=C)COC(=O)C=C.C=CC(=O)OCC(F)(F)C(F)(F)C(F)(F)C(F)(F)COC(=O)C=C.C=CC(=O)OCC1CCC(COC(=O)C=C)CC1. The Morgan fingerprint density at radius 1 is 0.211 bits per heavy atom. The number of carbonyl (C=O) groups is 17. The van der Waals surface area contributed by atoms with Crippen molar-refractivity contribution in [3.63, 3.8) is 0 Å². The van der Waals surface area contributed by atoms with Crippen LogP contribution in [0.5, 0.6) is 0 Å². The summed E-state index contributed by atoms with van der Waals surface area (Å²) in [7, 11) is 0. The van der Waals surface area contributed by atoms with E-state index in [4.69, 9.17) is 66.3 Å². The Balaban J connectivity index is -0.000000553. The molecule has 1 aliphatic rings. The average molecular weight is 2140 g/mol. The Labute approximate surface area is 835 Å². The van der Waals surface area contributed by atoms with Crippen LogP contribution in [0, 0.1) is 33.5 Å². The molecule has 0 bridgehead atoms. The minimum absolute atomic E-state index is 0.0326. The number of halogens is 16. The smallest absolute Gasteiger partial charge is 0.381 e. The van der Waals surface area contributed by atoms with Crippen LogP contribution < -0.4 is 0 Å². The highest BCUT2D eigenvalue weighted by atomic mass is 19.4. The van der Waals surface area contributed by atoms with Gasteiger partial charge in [-0.25, -0.2) is 81.5 Å². The Bertz CT molecular complexity index is 4200. The highest BCUT2D eigenvalue weighted by Crippen LogP contribution is 2.54. The van der Waals surface area contributed by atoms with Gasteiger partial charge in [-0.2, -0.15) is 70.2 Å². The van der Waals surface area contributed by atoms with E-state index in [1.807, 2.05) is 13.8 Å². The second kappa shape index (κ2) is 69.4. The monoisotopic (exact) mass is 2130 g/mol. The van der Waals surface area contributed by atoms with Crippen LogP contribution in [0.25, 0.3) is 0 Å². The molecule has 35 nitrogen and oxygen atoms in total. The zero-order valence-electron chi connectivity index (χ0n) is 81.1. The molecular weight excluding hydrogens is 2020 g/mol. The predicted molar refractivity (Wildman–Crippen MR) is 485 cm³/mol. The van der Waals surface area contributed by atoms with Gasteiger partial charge in [0.05, 0.1) is 42.7 Å². The van der Waals surface area contributed by atoms with Crippen LogP contribution in [0.3, 0.4) is 0 Å². The summed E-state index contributed by atoms with van der Waals surface area (Å²) < 4.78 is 299. The highest BCUT2D eigenvalue weighted by Gasteiger charge is 2.82. The van der Waals surface area contributed by atoms with Crippen LogP contribution in [0.2, 0.25) is 0 Å². The summed E-state index contributed by atoms with van der Waals surface area (Å²) in [6.45, 7) is 50.2. The number of carbonyl (C=O) groups excluding carboxylic acids is 17. The minimum Gasteiger partial charge on any atom is -0.462 e. The lowest BCUT2D eigenvalue weighted by Crippen LogP contribution is -2.64. The summed E-state index contributed by atoms with van der Waals surface area (Å²) in [6.07, 6.45) is 19.1. The molecule has 1 saturated carbocycles. The fourth-order valence-corrected chi connectivity index (χ4v) is 9.51. The van der Waals surface area contributed by atoms with Crippen LogP contribution in [0.1, 0.15) is 79.6 Å². The second-order valence-corrected chi connectivity index (χ2v) is 30.5. The molecular formula is C96H118F16O35. The molecule has 0 unspecified atom stereocenters. The quantitative estimate of drug-likeness (QED) is 0.0236. The maximum Gasteiger partial charge on any atom is 0.381 e. The molecule has 0 N–H and O–H groups in total. The van der Waals surface area contributed by atoms with Crippen molar-refractivity contribution in [3.05, 3.63) is 214 Å². The molecule has 1 fully saturated rings. The van der Waals surface area contributed by atoms with Gasteiger partial charge < -0.3 is 85.3 Å². The zero-order valence-corrected chi connectivity index (χ0v) is 81.1. The lowest BCUT2D eigenvalue weighted by atomic mass is 9.83. The van der Waals surface area contributed by atoms with Crippen LogP contribution in [-0.4, -0.2) is 274 Å². The van der Waals surface area contributed by atoms with Gasteiger partial charge in [-0.1, -0.05) is 133 Å². The standard InChI is InChI=1S/C24H34O9.C17H20O8.C15H20O6.C14H14F8O4.C14H20O4.C12H10F8O4/c1-7-19(25)30-15-23(11-5,16-31-20(26)8-2)13-29-14-24(12-6,17-32-21(27)9-3)18-33-22(28)10-4;1-5-13(18)22-9-17(10-23-14(19)6-2,11-24-15(20)7-3)12-25-16(21)8-4;1-5-12(16)19-9-15(8-4,10-20-13(17)6-2)11-21-14(18)7-3;1-7(2)9(23)25-5-11(15,16)13(19,20)14(21,22)12(17,18)6-26-10(24)8(3)4;1-3-13(15)17-9-11-5-7-12(8-6-11)10-18-14(16)4-2;1-3-7(21)23-5-9(13,14)11(17,18)12(19,20)10(15,16)6-24-8(22)4-2/h7-10H,1-4,11-18H2,5-6H3;5-8H,1-4,9-12H2;5-7H,1-3,8-11H2,4H3;1,3,5-6H2,2,4H3;3-4,11-12H,1-2,5-10H2;3-4H,1-2,5-6H2. The van der Waals surface area contributed by atoms with Gasteiger partial charge in [0.15, 0.2) is 26.4 Å². The van der Waals surface area contributed by atoms with E-state index in [1.54, 1.807) is 6.92 Å². The van der Waals surface area contributed by atoms with Crippen molar-refractivity contribution in [1.29, 1.82) is 0 Å². The largest absolute Gasteiger partial charge is 0.462 e. The normalized spacial score (nSPS) is 12.9. The minimum atomic E-state index is -6.66. The maximum atomic E-state index is 13.5. The third-order valence-electron chi connectivity index (χ3n) is 19.1. The van der Waals surface area contributed by atoms with E-state index in [0.717, 1.165) is 106 Å². The van der Waals surface area contributed by atoms with Crippen molar-refractivity contribution in [1.82, 2.24) is 0 Å². The molecule has 0 aromatic carbocycles. The summed E-state index contributed by atoms with van der Waals surface area (Å²) in [6, 6.07) is 0. The van der Waals surface area contributed by atoms with E-state index in [2.05, 4.69) is 131 Å². The van der Waals surface area contributed by atoms with Crippen molar-refractivity contribution < 1.29 is 237 Å². The molecule has 0 aromatic heterocycles. The van der Waals surface area contributed by atoms with Gasteiger partial charge in [0.25, 0.3) is 0 Å². The van der Waals surface area contributed by atoms with E-state index >= 15 is 0 Å². The molecule has 51 heteroatoms. The van der Waals surface area contributed by atoms with E-state index in [1.165, 1.54) is 12.2 Å².